The van der Waals surface area contributed by atoms with Crippen molar-refractivity contribution in [1.82, 2.24) is 4.90 Å². The van der Waals surface area contributed by atoms with Crippen LogP contribution < -0.4 is 4.90 Å². The normalized spacial score (nSPS) is 13.9. The van der Waals surface area contributed by atoms with Crippen LogP contribution in [0.25, 0.3) is 5.57 Å². The van der Waals surface area contributed by atoms with Crippen molar-refractivity contribution in [3.05, 3.63) is 107 Å². The van der Waals surface area contributed by atoms with Gasteiger partial charge in [-0.1, -0.05) is 72.8 Å². The van der Waals surface area contributed by atoms with E-state index in [1.54, 1.807) is 0 Å². The molecule has 0 radical (unpaired) electrons. The average molecular weight is 396 g/mol. The molecule has 0 fully saturated rings. The van der Waals surface area contributed by atoms with E-state index in [1.807, 2.05) is 104 Å². The standard InChI is InChI=1S/C26H24N2O2/c1-3-27(18-20-12-6-4-7-13-20)24-23(21-14-8-5-9-15-21)25(29)28(26(24)30)22-16-10-11-19(2)17-22/h4-17H,3,18H2,1-2H3. The minimum Gasteiger partial charge on any atom is -0.362 e. The van der Waals surface area contributed by atoms with E-state index in [0.29, 0.717) is 30.0 Å². The molecule has 4 heteroatoms. The van der Waals surface area contributed by atoms with Crippen LogP contribution in [-0.4, -0.2) is 23.3 Å². The van der Waals surface area contributed by atoms with Crippen molar-refractivity contribution in [2.24, 2.45) is 0 Å². The van der Waals surface area contributed by atoms with Crippen molar-refractivity contribution < 1.29 is 9.59 Å². The molecule has 0 bridgehead atoms. The lowest BCUT2D eigenvalue weighted by Crippen LogP contribution is -2.35. The second-order valence-electron chi connectivity index (χ2n) is 7.37. The van der Waals surface area contributed by atoms with Crippen LogP contribution in [0.3, 0.4) is 0 Å². The van der Waals surface area contributed by atoms with E-state index < -0.39 is 0 Å². The molecule has 0 aromatic heterocycles. The largest absolute Gasteiger partial charge is 0.362 e. The van der Waals surface area contributed by atoms with E-state index >= 15 is 0 Å². The highest BCUT2D eigenvalue weighted by Gasteiger charge is 2.42. The third-order valence-electron chi connectivity index (χ3n) is 5.30. The van der Waals surface area contributed by atoms with Crippen molar-refractivity contribution in [2.45, 2.75) is 20.4 Å². The monoisotopic (exact) mass is 396 g/mol. The Morgan fingerprint density at radius 1 is 0.800 bits per heavy atom. The summed E-state index contributed by atoms with van der Waals surface area (Å²) in [6.07, 6.45) is 0. The molecular formula is C26H24N2O2. The second-order valence-corrected chi connectivity index (χ2v) is 7.37. The average Bonchev–Trinajstić information content (AvgIpc) is 3.03. The molecular weight excluding hydrogens is 372 g/mol. The fourth-order valence-electron chi connectivity index (χ4n) is 3.83. The Bertz CT molecular complexity index is 1100. The number of amides is 2. The number of hydrogen-bond donors (Lipinski definition) is 0. The number of rotatable bonds is 6. The zero-order chi connectivity index (χ0) is 21.1. The SMILES string of the molecule is CCN(Cc1ccccc1)C1=C(c2ccccc2)C(=O)N(c2cccc(C)c2)C1=O. The molecule has 0 N–H and O–H groups in total. The summed E-state index contributed by atoms with van der Waals surface area (Å²) in [6.45, 7) is 5.13. The van der Waals surface area contributed by atoms with Crippen LogP contribution in [0, 0.1) is 6.92 Å². The highest BCUT2D eigenvalue weighted by atomic mass is 16.2. The van der Waals surface area contributed by atoms with E-state index in [-0.39, 0.29) is 11.8 Å². The van der Waals surface area contributed by atoms with Crippen LogP contribution >= 0.6 is 0 Å². The van der Waals surface area contributed by atoms with Gasteiger partial charge in [0.1, 0.15) is 5.70 Å². The minimum absolute atomic E-state index is 0.276. The van der Waals surface area contributed by atoms with Gasteiger partial charge in [-0.25, -0.2) is 4.90 Å². The van der Waals surface area contributed by atoms with Crippen molar-refractivity contribution in [2.75, 3.05) is 11.4 Å². The molecule has 0 saturated carbocycles. The summed E-state index contributed by atoms with van der Waals surface area (Å²) in [6, 6.07) is 27.0. The highest BCUT2D eigenvalue weighted by Crippen LogP contribution is 2.35. The number of carbonyl (C=O) groups excluding carboxylic acids is 2. The first-order valence-electron chi connectivity index (χ1n) is 10.1. The van der Waals surface area contributed by atoms with E-state index in [9.17, 15) is 9.59 Å². The summed E-state index contributed by atoms with van der Waals surface area (Å²) in [5.41, 5.74) is 4.36. The summed E-state index contributed by atoms with van der Waals surface area (Å²) in [7, 11) is 0. The molecule has 0 unspecified atom stereocenters. The van der Waals surface area contributed by atoms with Crippen LogP contribution in [0.2, 0.25) is 0 Å². The predicted octanol–water partition coefficient (Wildman–Crippen LogP) is 4.80. The van der Waals surface area contributed by atoms with Crippen LogP contribution in [-0.2, 0) is 16.1 Å². The van der Waals surface area contributed by atoms with E-state index in [0.717, 1.165) is 16.7 Å². The molecule has 3 aromatic carbocycles. The van der Waals surface area contributed by atoms with Gasteiger partial charge in [0.2, 0.25) is 0 Å². The maximum Gasteiger partial charge on any atom is 0.282 e. The van der Waals surface area contributed by atoms with Gasteiger partial charge in [-0.2, -0.15) is 0 Å². The van der Waals surface area contributed by atoms with E-state index in [4.69, 9.17) is 0 Å². The van der Waals surface area contributed by atoms with Crippen LogP contribution in [0.5, 0.6) is 0 Å². The topological polar surface area (TPSA) is 40.6 Å². The van der Waals surface area contributed by atoms with Crippen molar-refractivity contribution in [3.8, 4) is 0 Å². The Labute approximate surface area is 177 Å². The summed E-state index contributed by atoms with van der Waals surface area (Å²) in [5.74, 6) is -0.555. The maximum atomic E-state index is 13.6. The van der Waals surface area contributed by atoms with Crippen LogP contribution in [0.4, 0.5) is 5.69 Å². The molecule has 0 aliphatic carbocycles. The van der Waals surface area contributed by atoms with E-state index in [2.05, 4.69) is 0 Å². The first kappa shape index (κ1) is 19.6. The molecule has 0 spiro atoms. The lowest BCUT2D eigenvalue weighted by Gasteiger charge is -2.25. The second kappa shape index (κ2) is 8.37. The third kappa shape index (κ3) is 3.64. The quantitative estimate of drug-likeness (QED) is 0.562. The maximum absolute atomic E-state index is 13.6. The molecule has 0 saturated heterocycles. The summed E-state index contributed by atoms with van der Waals surface area (Å²) in [5, 5.41) is 0. The molecule has 1 aliphatic rings. The molecule has 3 aromatic rings. The smallest absolute Gasteiger partial charge is 0.282 e. The zero-order valence-corrected chi connectivity index (χ0v) is 17.2. The van der Waals surface area contributed by atoms with Gasteiger partial charge in [0.05, 0.1) is 11.3 Å². The first-order chi connectivity index (χ1) is 14.6. The van der Waals surface area contributed by atoms with Crippen LogP contribution in [0.1, 0.15) is 23.6 Å². The number of carbonyl (C=O) groups is 2. The van der Waals surface area contributed by atoms with Gasteiger partial charge < -0.3 is 4.90 Å². The molecule has 2 amide bonds. The fraction of sp³-hybridized carbons (Fsp3) is 0.154. The van der Waals surface area contributed by atoms with Gasteiger partial charge in [-0.15, -0.1) is 0 Å². The molecule has 1 heterocycles. The zero-order valence-electron chi connectivity index (χ0n) is 17.2. The summed E-state index contributed by atoms with van der Waals surface area (Å²) < 4.78 is 0. The van der Waals surface area contributed by atoms with E-state index in [1.165, 1.54) is 4.90 Å². The molecule has 30 heavy (non-hydrogen) atoms. The van der Waals surface area contributed by atoms with Gasteiger partial charge in [0.15, 0.2) is 0 Å². The van der Waals surface area contributed by atoms with Crippen molar-refractivity contribution in [1.29, 1.82) is 0 Å². The number of likely N-dealkylation sites (N-methyl/N-ethyl adjacent to an activating group) is 1. The molecule has 150 valence electrons. The van der Waals surface area contributed by atoms with Crippen molar-refractivity contribution in [3.63, 3.8) is 0 Å². The number of aryl methyl sites for hydroxylation is 1. The Kier molecular flexibility index (Phi) is 5.48. The minimum atomic E-state index is -0.279. The summed E-state index contributed by atoms with van der Waals surface area (Å²) >= 11 is 0. The lowest BCUT2D eigenvalue weighted by molar-refractivity contribution is -0.120. The summed E-state index contributed by atoms with van der Waals surface area (Å²) in [4.78, 5) is 30.4. The number of nitrogens with zero attached hydrogens (tertiary/aromatic N) is 2. The molecule has 4 rings (SSSR count). The molecule has 0 atom stereocenters. The lowest BCUT2D eigenvalue weighted by atomic mass is 10.0. The number of anilines is 1. The van der Waals surface area contributed by atoms with Gasteiger partial charge in [0.25, 0.3) is 11.8 Å². The number of hydrogen-bond acceptors (Lipinski definition) is 3. The van der Waals surface area contributed by atoms with Gasteiger partial charge >= 0.3 is 0 Å². The third-order valence-corrected chi connectivity index (χ3v) is 5.30. The van der Waals surface area contributed by atoms with Crippen LogP contribution in [0.15, 0.2) is 90.6 Å². The highest BCUT2D eigenvalue weighted by molar-refractivity contribution is 6.45. The number of imide groups is 1. The fourth-order valence-corrected chi connectivity index (χ4v) is 3.83. The van der Waals surface area contributed by atoms with Gasteiger partial charge in [-0.05, 0) is 42.7 Å². The van der Waals surface area contributed by atoms with Crippen molar-refractivity contribution >= 4 is 23.1 Å². The van der Waals surface area contributed by atoms with Gasteiger partial charge in [0, 0.05) is 13.1 Å². The predicted molar refractivity (Wildman–Crippen MR) is 120 cm³/mol. The number of benzene rings is 3. The Morgan fingerprint density at radius 2 is 1.47 bits per heavy atom. The Hall–Kier alpha value is -3.66. The Balaban J connectivity index is 1.82. The Morgan fingerprint density at radius 3 is 2.10 bits per heavy atom. The van der Waals surface area contributed by atoms with Gasteiger partial charge in [-0.3, -0.25) is 9.59 Å². The molecule has 4 nitrogen and oxygen atoms in total. The molecule has 1 aliphatic heterocycles. The first-order valence-corrected chi connectivity index (χ1v) is 10.1.